The summed E-state index contributed by atoms with van der Waals surface area (Å²) in [5.41, 5.74) is 1.05. The number of amides is 1. The van der Waals surface area contributed by atoms with E-state index in [-0.39, 0.29) is 6.61 Å². The van der Waals surface area contributed by atoms with Crippen molar-refractivity contribution in [3.63, 3.8) is 0 Å². The van der Waals surface area contributed by atoms with E-state index in [1.165, 1.54) is 24.3 Å². The lowest BCUT2D eigenvalue weighted by molar-refractivity contribution is 0.102. The number of alkyl halides is 1. The SMILES string of the molecule is O=C(Nc1n[nH]c2ccc(OCCCF)cc12)c1ccc(F)cc1. The van der Waals surface area contributed by atoms with Crippen molar-refractivity contribution in [2.45, 2.75) is 6.42 Å². The molecule has 0 unspecified atom stereocenters. The Hall–Kier alpha value is -2.96. The van der Waals surface area contributed by atoms with Gasteiger partial charge < -0.3 is 10.1 Å². The fraction of sp³-hybridized carbons (Fsp3) is 0.176. The van der Waals surface area contributed by atoms with E-state index in [0.29, 0.717) is 28.9 Å². The van der Waals surface area contributed by atoms with Crippen molar-refractivity contribution in [1.82, 2.24) is 10.2 Å². The van der Waals surface area contributed by atoms with Crippen molar-refractivity contribution in [1.29, 1.82) is 0 Å². The number of nitrogens with zero attached hydrogens (tertiary/aromatic N) is 1. The molecule has 1 aromatic heterocycles. The van der Waals surface area contributed by atoms with Crippen LogP contribution < -0.4 is 10.1 Å². The van der Waals surface area contributed by atoms with Gasteiger partial charge in [-0.1, -0.05) is 0 Å². The summed E-state index contributed by atoms with van der Waals surface area (Å²) in [6.45, 7) is -0.163. The van der Waals surface area contributed by atoms with Crippen molar-refractivity contribution in [3.05, 3.63) is 53.8 Å². The number of carbonyl (C=O) groups excluding carboxylic acids is 1. The van der Waals surface area contributed by atoms with E-state index in [1.807, 2.05) is 0 Å². The van der Waals surface area contributed by atoms with Crippen LogP contribution in [-0.4, -0.2) is 29.4 Å². The molecule has 0 aliphatic carbocycles. The first-order chi connectivity index (χ1) is 11.7. The van der Waals surface area contributed by atoms with Crippen LogP contribution in [0.15, 0.2) is 42.5 Å². The number of halogens is 2. The van der Waals surface area contributed by atoms with Gasteiger partial charge in [0, 0.05) is 17.4 Å². The number of benzene rings is 2. The highest BCUT2D eigenvalue weighted by Gasteiger charge is 2.12. The molecule has 124 valence electrons. The minimum Gasteiger partial charge on any atom is -0.493 e. The number of carbonyl (C=O) groups is 1. The smallest absolute Gasteiger partial charge is 0.256 e. The molecule has 0 bridgehead atoms. The van der Waals surface area contributed by atoms with E-state index >= 15 is 0 Å². The van der Waals surface area contributed by atoms with Gasteiger partial charge in [0.1, 0.15) is 11.6 Å². The molecule has 1 amide bonds. The molecule has 3 rings (SSSR count). The summed E-state index contributed by atoms with van der Waals surface area (Å²) in [6, 6.07) is 10.4. The number of rotatable bonds is 6. The van der Waals surface area contributed by atoms with E-state index < -0.39 is 18.4 Å². The maximum Gasteiger partial charge on any atom is 0.256 e. The van der Waals surface area contributed by atoms with Crippen molar-refractivity contribution in [2.24, 2.45) is 0 Å². The van der Waals surface area contributed by atoms with Crippen LogP contribution in [-0.2, 0) is 0 Å². The second kappa shape index (κ2) is 7.08. The predicted molar refractivity (Wildman–Crippen MR) is 86.5 cm³/mol. The largest absolute Gasteiger partial charge is 0.493 e. The Kier molecular flexibility index (Phi) is 4.69. The molecular weight excluding hydrogens is 316 g/mol. The normalized spacial score (nSPS) is 10.8. The summed E-state index contributed by atoms with van der Waals surface area (Å²) in [7, 11) is 0. The van der Waals surface area contributed by atoms with Crippen LogP contribution >= 0.6 is 0 Å². The average molecular weight is 331 g/mol. The first kappa shape index (κ1) is 15.9. The van der Waals surface area contributed by atoms with Crippen LogP contribution in [0.3, 0.4) is 0 Å². The molecule has 0 fully saturated rings. The Bertz CT molecular complexity index is 847. The van der Waals surface area contributed by atoms with Gasteiger partial charge in [-0.3, -0.25) is 14.3 Å². The molecule has 2 N–H and O–H groups in total. The van der Waals surface area contributed by atoms with E-state index in [0.717, 1.165) is 5.52 Å². The lowest BCUT2D eigenvalue weighted by atomic mass is 10.2. The number of ether oxygens (including phenoxy) is 1. The van der Waals surface area contributed by atoms with Crippen LogP contribution in [0.4, 0.5) is 14.6 Å². The third-order valence-electron chi connectivity index (χ3n) is 3.42. The predicted octanol–water partition coefficient (Wildman–Crippen LogP) is 3.69. The highest BCUT2D eigenvalue weighted by atomic mass is 19.1. The standard InChI is InChI=1S/C17H15F2N3O2/c18-8-1-9-24-13-6-7-15-14(10-13)16(22-21-15)20-17(23)11-2-4-12(19)5-3-11/h2-7,10H,1,8-9H2,(H2,20,21,22,23). The van der Waals surface area contributed by atoms with Gasteiger partial charge in [0.25, 0.3) is 5.91 Å². The number of hydrogen-bond acceptors (Lipinski definition) is 3. The molecule has 2 aromatic carbocycles. The summed E-state index contributed by atoms with van der Waals surface area (Å²) >= 11 is 0. The van der Waals surface area contributed by atoms with Gasteiger partial charge in [-0.15, -0.1) is 0 Å². The van der Waals surface area contributed by atoms with E-state index in [2.05, 4.69) is 15.5 Å². The van der Waals surface area contributed by atoms with Gasteiger partial charge in [-0.2, -0.15) is 5.10 Å². The number of hydrogen-bond donors (Lipinski definition) is 2. The highest BCUT2D eigenvalue weighted by Crippen LogP contribution is 2.25. The monoisotopic (exact) mass is 331 g/mol. The number of fused-ring (bicyclic) bond motifs is 1. The molecule has 0 spiro atoms. The molecular formula is C17H15F2N3O2. The van der Waals surface area contributed by atoms with Crippen LogP contribution in [0.1, 0.15) is 16.8 Å². The van der Waals surface area contributed by atoms with Crippen LogP contribution in [0.2, 0.25) is 0 Å². The molecule has 0 radical (unpaired) electrons. The van der Waals surface area contributed by atoms with E-state index in [9.17, 15) is 13.6 Å². The Morgan fingerprint density at radius 1 is 1.21 bits per heavy atom. The van der Waals surface area contributed by atoms with Crippen molar-refractivity contribution < 1.29 is 18.3 Å². The number of aromatic nitrogens is 2. The van der Waals surface area contributed by atoms with Crippen molar-refractivity contribution in [3.8, 4) is 5.75 Å². The Morgan fingerprint density at radius 2 is 2.00 bits per heavy atom. The first-order valence-corrected chi connectivity index (χ1v) is 7.41. The number of nitrogens with one attached hydrogen (secondary N) is 2. The number of H-pyrrole nitrogens is 1. The molecule has 3 aromatic rings. The molecule has 5 nitrogen and oxygen atoms in total. The topological polar surface area (TPSA) is 67.0 Å². The summed E-state index contributed by atoms with van der Waals surface area (Å²) < 4.78 is 30.5. The Labute approximate surface area is 136 Å². The Morgan fingerprint density at radius 3 is 2.75 bits per heavy atom. The molecule has 24 heavy (non-hydrogen) atoms. The quantitative estimate of drug-likeness (QED) is 0.677. The molecule has 7 heteroatoms. The minimum absolute atomic E-state index is 0.275. The lowest BCUT2D eigenvalue weighted by Crippen LogP contribution is -2.12. The highest BCUT2D eigenvalue weighted by molar-refractivity contribution is 6.07. The first-order valence-electron chi connectivity index (χ1n) is 7.41. The summed E-state index contributed by atoms with van der Waals surface area (Å²) in [6.07, 6.45) is 0.317. The average Bonchev–Trinajstić information content (AvgIpc) is 2.98. The third kappa shape index (κ3) is 3.51. The summed E-state index contributed by atoms with van der Waals surface area (Å²) in [5, 5.41) is 10.2. The minimum atomic E-state index is -0.438. The van der Waals surface area contributed by atoms with Crippen molar-refractivity contribution >= 4 is 22.6 Å². The zero-order valence-corrected chi connectivity index (χ0v) is 12.7. The third-order valence-corrected chi connectivity index (χ3v) is 3.42. The maximum absolute atomic E-state index is 12.9. The van der Waals surface area contributed by atoms with E-state index in [1.54, 1.807) is 18.2 Å². The van der Waals surface area contributed by atoms with Gasteiger partial charge in [0.15, 0.2) is 5.82 Å². The number of aromatic amines is 1. The maximum atomic E-state index is 12.9. The fourth-order valence-electron chi connectivity index (χ4n) is 2.20. The second-order valence-electron chi connectivity index (χ2n) is 5.13. The van der Waals surface area contributed by atoms with Crippen LogP contribution in [0, 0.1) is 5.82 Å². The van der Waals surface area contributed by atoms with Crippen LogP contribution in [0.5, 0.6) is 5.75 Å². The summed E-state index contributed by atoms with van der Waals surface area (Å²) in [5.74, 6) is 0.101. The molecule has 0 aliphatic heterocycles. The Balaban J connectivity index is 1.79. The zero-order chi connectivity index (χ0) is 16.9. The second-order valence-corrected chi connectivity index (χ2v) is 5.13. The number of anilines is 1. The lowest BCUT2D eigenvalue weighted by Gasteiger charge is -2.06. The zero-order valence-electron chi connectivity index (χ0n) is 12.7. The van der Waals surface area contributed by atoms with E-state index in [4.69, 9.17) is 4.74 Å². The molecule has 1 heterocycles. The summed E-state index contributed by atoms with van der Waals surface area (Å²) in [4.78, 5) is 12.2. The van der Waals surface area contributed by atoms with Gasteiger partial charge in [-0.25, -0.2) is 4.39 Å². The van der Waals surface area contributed by atoms with Crippen LogP contribution in [0.25, 0.3) is 10.9 Å². The fourth-order valence-corrected chi connectivity index (χ4v) is 2.20. The molecule has 0 atom stereocenters. The van der Waals surface area contributed by atoms with Crippen molar-refractivity contribution in [2.75, 3.05) is 18.6 Å². The molecule has 0 saturated heterocycles. The van der Waals surface area contributed by atoms with Gasteiger partial charge >= 0.3 is 0 Å². The molecule has 0 aliphatic rings. The van der Waals surface area contributed by atoms with Gasteiger partial charge in [0.05, 0.1) is 18.8 Å². The van der Waals surface area contributed by atoms with Gasteiger partial charge in [-0.05, 0) is 42.5 Å². The molecule has 0 saturated carbocycles. The van der Waals surface area contributed by atoms with Gasteiger partial charge in [0.2, 0.25) is 0 Å².